The first-order valence-electron chi connectivity index (χ1n) is 15.4. The van der Waals surface area contributed by atoms with Gasteiger partial charge in [-0.15, -0.1) is 0 Å². The van der Waals surface area contributed by atoms with Gasteiger partial charge in [0.1, 0.15) is 5.82 Å². The van der Waals surface area contributed by atoms with E-state index in [1.54, 1.807) is 0 Å². The zero-order chi connectivity index (χ0) is 29.2. The Morgan fingerprint density at radius 1 is 0.378 bits per heavy atom. The van der Waals surface area contributed by atoms with Crippen molar-refractivity contribution in [2.24, 2.45) is 0 Å². The van der Waals surface area contributed by atoms with Crippen LogP contribution in [0.5, 0.6) is 0 Å². The minimum Gasteiger partial charge on any atom is -0.308 e. The average Bonchev–Trinajstić information content (AvgIpc) is 3.82. The van der Waals surface area contributed by atoms with Crippen molar-refractivity contribution in [3.8, 4) is 11.5 Å². The Labute approximate surface area is 256 Å². The van der Waals surface area contributed by atoms with E-state index < -0.39 is 0 Å². The van der Waals surface area contributed by atoms with Gasteiger partial charge in [-0.2, -0.15) is 0 Å². The molecule has 4 heteroatoms. The van der Waals surface area contributed by atoms with Crippen LogP contribution in [0, 0.1) is 0 Å². The predicted molar refractivity (Wildman–Crippen MR) is 188 cm³/mol. The van der Waals surface area contributed by atoms with Crippen molar-refractivity contribution < 1.29 is 0 Å². The summed E-state index contributed by atoms with van der Waals surface area (Å²) < 4.78 is 7.18. The first-order chi connectivity index (χ1) is 22.4. The second kappa shape index (κ2) is 8.28. The Balaban J connectivity index is 1.34. The molecule has 6 aromatic carbocycles. The monoisotopic (exact) mass is 572 g/mol. The number of pyridine rings is 1. The third-order valence-electron chi connectivity index (χ3n) is 9.79. The quantitative estimate of drug-likeness (QED) is 0.202. The number of nitrogens with zero attached hydrogens (tertiary/aromatic N) is 4. The van der Waals surface area contributed by atoms with E-state index in [1.165, 1.54) is 70.7 Å². The van der Waals surface area contributed by atoms with Crippen LogP contribution in [0.25, 0.3) is 93.2 Å². The lowest BCUT2D eigenvalue weighted by Crippen LogP contribution is -1.99. The molecule has 0 bridgehead atoms. The summed E-state index contributed by atoms with van der Waals surface area (Å²) in [5, 5.41) is 10.0. The van der Waals surface area contributed by atoms with Crippen LogP contribution < -0.4 is 0 Å². The van der Waals surface area contributed by atoms with Gasteiger partial charge in [-0.25, -0.2) is 4.98 Å². The fourth-order valence-electron chi connectivity index (χ4n) is 8.03. The molecule has 45 heavy (non-hydrogen) atoms. The van der Waals surface area contributed by atoms with E-state index in [0.29, 0.717) is 0 Å². The number of fused-ring (bicyclic) bond motifs is 13. The second-order valence-corrected chi connectivity index (χ2v) is 12.0. The van der Waals surface area contributed by atoms with Crippen LogP contribution in [0.1, 0.15) is 0 Å². The van der Waals surface area contributed by atoms with Crippen molar-refractivity contribution in [3.63, 3.8) is 0 Å². The molecule has 5 aromatic heterocycles. The lowest BCUT2D eigenvalue weighted by Gasteiger charge is -2.10. The molecule has 0 aliphatic carbocycles. The van der Waals surface area contributed by atoms with Gasteiger partial charge in [0.05, 0.1) is 44.8 Å². The summed E-state index contributed by atoms with van der Waals surface area (Å²) >= 11 is 0. The zero-order valence-corrected chi connectivity index (χ0v) is 24.1. The molecule has 208 valence electrons. The number of benzene rings is 6. The van der Waals surface area contributed by atoms with E-state index >= 15 is 0 Å². The summed E-state index contributed by atoms with van der Waals surface area (Å²) in [6.45, 7) is 0. The standard InChI is InChI=1S/C41H24N4/c1-2-12-25(13-3-1)43-33-18-8-4-14-26(33)30-23-38(42-24-37(30)43)45-35-20-10-6-16-28(35)32-22-31-27-15-5-9-19-34(27)44-36-21-11-7-17-29(36)39(40(31)44)41(32)45/h1-24H. The number of aromatic nitrogens is 4. The maximum Gasteiger partial charge on any atom is 0.138 e. The second-order valence-electron chi connectivity index (χ2n) is 12.0. The van der Waals surface area contributed by atoms with E-state index in [1.807, 2.05) is 0 Å². The molecule has 0 unspecified atom stereocenters. The third kappa shape index (κ3) is 2.84. The van der Waals surface area contributed by atoms with Gasteiger partial charge in [0.2, 0.25) is 0 Å². The Kier molecular flexibility index (Phi) is 4.29. The Bertz CT molecular complexity index is 2970. The Morgan fingerprint density at radius 3 is 1.64 bits per heavy atom. The van der Waals surface area contributed by atoms with Crippen molar-refractivity contribution >= 4 is 81.7 Å². The molecule has 0 aliphatic rings. The molecule has 0 atom stereocenters. The number of rotatable bonds is 2. The van der Waals surface area contributed by atoms with Gasteiger partial charge in [0.15, 0.2) is 0 Å². The molecular weight excluding hydrogens is 548 g/mol. The van der Waals surface area contributed by atoms with Crippen molar-refractivity contribution in [2.45, 2.75) is 0 Å². The van der Waals surface area contributed by atoms with Gasteiger partial charge in [0.25, 0.3) is 0 Å². The largest absolute Gasteiger partial charge is 0.308 e. The highest BCUT2D eigenvalue weighted by Crippen LogP contribution is 2.46. The molecule has 0 saturated heterocycles. The minimum atomic E-state index is 0.923. The van der Waals surface area contributed by atoms with Crippen LogP contribution >= 0.6 is 0 Å². The summed E-state index contributed by atoms with van der Waals surface area (Å²) in [7, 11) is 0. The van der Waals surface area contributed by atoms with E-state index in [-0.39, 0.29) is 0 Å². The number of hydrogen-bond donors (Lipinski definition) is 0. The maximum absolute atomic E-state index is 5.24. The van der Waals surface area contributed by atoms with E-state index in [4.69, 9.17) is 4.98 Å². The van der Waals surface area contributed by atoms with Crippen LogP contribution in [0.15, 0.2) is 146 Å². The smallest absolute Gasteiger partial charge is 0.138 e. The van der Waals surface area contributed by atoms with Gasteiger partial charge in [0, 0.05) is 48.8 Å². The average molecular weight is 573 g/mol. The summed E-state index contributed by atoms with van der Waals surface area (Å²) in [5.74, 6) is 0.923. The highest BCUT2D eigenvalue weighted by Gasteiger charge is 2.24. The van der Waals surface area contributed by atoms with E-state index in [2.05, 4.69) is 159 Å². The van der Waals surface area contributed by atoms with Gasteiger partial charge in [-0.3, -0.25) is 4.57 Å². The van der Waals surface area contributed by atoms with Crippen LogP contribution in [0.4, 0.5) is 0 Å². The summed E-state index contributed by atoms with van der Waals surface area (Å²) in [4.78, 5) is 5.24. The fraction of sp³-hybridized carbons (Fsp3) is 0. The molecule has 11 aromatic rings. The summed E-state index contributed by atoms with van der Waals surface area (Å²) in [6, 6.07) is 50.4. The van der Waals surface area contributed by atoms with Crippen molar-refractivity contribution in [2.75, 3.05) is 0 Å². The molecule has 0 fully saturated rings. The first kappa shape index (κ1) is 23.3. The molecule has 11 rings (SSSR count). The van der Waals surface area contributed by atoms with Crippen LogP contribution in [-0.4, -0.2) is 18.5 Å². The van der Waals surface area contributed by atoms with Crippen molar-refractivity contribution in [1.29, 1.82) is 0 Å². The van der Waals surface area contributed by atoms with Gasteiger partial charge < -0.3 is 8.97 Å². The Morgan fingerprint density at radius 2 is 0.911 bits per heavy atom. The molecule has 0 radical (unpaired) electrons. The first-order valence-corrected chi connectivity index (χ1v) is 15.4. The van der Waals surface area contributed by atoms with Gasteiger partial charge >= 0.3 is 0 Å². The third-order valence-corrected chi connectivity index (χ3v) is 9.79. The van der Waals surface area contributed by atoms with Crippen LogP contribution in [0.2, 0.25) is 0 Å². The predicted octanol–water partition coefficient (Wildman–Crippen LogP) is 10.4. The van der Waals surface area contributed by atoms with Crippen LogP contribution in [-0.2, 0) is 0 Å². The number of hydrogen-bond acceptors (Lipinski definition) is 1. The molecule has 0 saturated carbocycles. The van der Waals surface area contributed by atoms with Gasteiger partial charge in [-0.05, 0) is 48.5 Å². The van der Waals surface area contributed by atoms with Gasteiger partial charge in [-0.1, -0.05) is 91.0 Å². The van der Waals surface area contributed by atoms with Crippen molar-refractivity contribution in [3.05, 3.63) is 146 Å². The minimum absolute atomic E-state index is 0.923. The fourth-order valence-corrected chi connectivity index (χ4v) is 8.03. The molecule has 5 heterocycles. The van der Waals surface area contributed by atoms with Crippen molar-refractivity contribution in [1.82, 2.24) is 18.5 Å². The molecule has 0 spiro atoms. The molecule has 0 N–H and O–H groups in total. The van der Waals surface area contributed by atoms with Crippen LogP contribution in [0.3, 0.4) is 0 Å². The normalized spacial score (nSPS) is 12.4. The maximum atomic E-state index is 5.24. The SMILES string of the molecule is c1ccc(-n2c3ccccc3c3cc(-n4c5ccccc5c5cc6c7ccccc7n7c8ccccc8c(c54)c67)ncc32)cc1. The topological polar surface area (TPSA) is 27.2 Å². The highest BCUT2D eigenvalue weighted by molar-refractivity contribution is 6.34. The lowest BCUT2D eigenvalue weighted by molar-refractivity contribution is 1.08. The molecule has 0 aliphatic heterocycles. The number of para-hydroxylation sites is 5. The molecular formula is C41H24N4. The molecule has 4 nitrogen and oxygen atoms in total. The summed E-state index contributed by atoms with van der Waals surface area (Å²) in [6.07, 6.45) is 2.06. The highest BCUT2D eigenvalue weighted by atomic mass is 15.1. The Hall–Kier alpha value is -6.13. The van der Waals surface area contributed by atoms with E-state index in [9.17, 15) is 0 Å². The van der Waals surface area contributed by atoms with E-state index in [0.717, 1.165) is 22.5 Å². The lowest BCUT2D eigenvalue weighted by atomic mass is 10.0. The zero-order valence-electron chi connectivity index (χ0n) is 24.1. The summed E-state index contributed by atoms with van der Waals surface area (Å²) in [5.41, 5.74) is 9.54. The molecule has 0 amide bonds.